The van der Waals surface area contributed by atoms with E-state index >= 15 is 0 Å². The molecule has 0 bridgehead atoms. The molecular formula is C16H24N2O2. The fourth-order valence-corrected chi connectivity index (χ4v) is 2.99. The lowest BCUT2D eigenvalue weighted by Gasteiger charge is -2.32. The number of benzene rings is 1. The molecule has 1 fully saturated rings. The van der Waals surface area contributed by atoms with Gasteiger partial charge in [0.1, 0.15) is 6.61 Å². The van der Waals surface area contributed by atoms with Crippen molar-refractivity contribution >= 4 is 17.3 Å². The Morgan fingerprint density at radius 2 is 2.05 bits per heavy atom. The molecule has 1 saturated carbocycles. The van der Waals surface area contributed by atoms with Crippen LogP contribution in [0.1, 0.15) is 39.0 Å². The van der Waals surface area contributed by atoms with Crippen LogP contribution in [-0.4, -0.2) is 23.7 Å². The van der Waals surface area contributed by atoms with E-state index in [0.29, 0.717) is 6.04 Å². The predicted octanol–water partition coefficient (Wildman–Crippen LogP) is 3.00. The van der Waals surface area contributed by atoms with E-state index in [1.54, 1.807) is 0 Å². The molecule has 1 aromatic rings. The van der Waals surface area contributed by atoms with Gasteiger partial charge >= 0.3 is 0 Å². The van der Waals surface area contributed by atoms with Gasteiger partial charge in [-0.05, 0) is 37.0 Å². The first kappa shape index (κ1) is 14.9. The van der Waals surface area contributed by atoms with Crippen LogP contribution < -0.4 is 10.6 Å². The second-order valence-electron chi connectivity index (χ2n) is 5.49. The highest BCUT2D eigenvalue weighted by Crippen LogP contribution is 2.29. The molecule has 1 aliphatic carbocycles. The highest BCUT2D eigenvalue weighted by atomic mass is 16.3. The molecule has 0 saturated heterocycles. The van der Waals surface area contributed by atoms with Crippen molar-refractivity contribution in [2.45, 2.75) is 45.1 Å². The van der Waals surface area contributed by atoms with Gasteiger partial charge in [-0.3, -0.25) is 4.79 Å². The molecule has 4 nitrogen and oxygen atoms in total. The summed E-state index contributed by atoms with van der Waals surface area (Å²) in [5.41, 5.74) is 1.75. The molecule has 1 aromatic carbocycles. The number of anilines is 2. The quantitative estimate of drug-likeness (QED) is 0.774. The smallest absolute Gasteiger partial charge is 0.250 e. The van der Waals surface area contributed by atoms with E-state index in [0.717, 1.165) is 17.3 Å². The minimum atomic E-state index is -0.488. The van der Waals surface area contributed by atoms with Crippen LogP contribution in [0.15, 0.2) is 24.3 Å². The van der Waals surface area contributed by atoms with E-state index in [4.69, 9.17) is 5.11 Å². The molecule has 1 amide bonds. The van der Waals surface area contributed by atoms with Gasteiger partial charge in [-0.1, -0.05) is 32.3 Å². The highest BCUT2D eigenvalue weighted by Gasteiger charge is 2.23. The predicted molar refractivity (Wildman–Crippen MR) is 81.8 cm³/mol. The number of nitrogens with one attached hydrogen (secondary N) is 2. The monoisotopic (exact) mass is 276 g/mol. The third-order valence-electron chi connectivity index (χ3n) is 4.08. The molecular weight excluding hydrogens is 252 g/mol. The summed E-state index contributed by atoms with van der Waals surface area (Å²) in [5.74, 6) is 0.352. The van der Waals surface area contributed by atoms with Crippen molar-refractivity contribution in [1.29, 1.82) is 0 Å². The summed E-state index contributed by atoms with van der Waals surface area (Å²) < 4.78 is 0. The van der Waals surface area contributed by atoms with Crippen LogP contribution in [0.3, 0.4) is 0 Å². The number of amides is 1. The molecule has 0 aromatic heterocycles. The van der Waals surface area contributed by atoms with E-state index in [9.17, 15) is 4.79 Å². The second-order valence-corrected chi connectivity index (χ2v) is 5.49. The van der Waals surface area contributed by atoms with Crippen molar-refractivity contribution in [2.24, 2.45) is 5.92 Å². The Morgan fingerprint density at radius 1 is 1.30 bits per heavy atom. The third kappa shape index (κ3) is 3.97. The highest BCUT2D eigenvalue weighted by molar-refractivity contribution is 5.91. The van der Waals surface area contributed by atoms with Crippen LogP contribution in [-0.2, 0) is 4.79 Å². The van der Waals surface area contributed by atoms with Gasteiger partial charge in [-0.2, -0.15) is 0 Å². The van der Waals surface area contributed by atoms with E-state index < -0.39 is 6.61 Å². The van der Waals surface area contributed by atoms with Crippen molar-refractivity contribution in [3.05, 3.63) is 24.3 Å². The Balaban J connectivity index is 2.01. The maximum Gasteiger partial charge on any atom is 0.250 e. The molecule has 4 heteroatoms. The fourth-order valence-electron chi connectivity index (χ4n) is 2.99. The van der Waals surface area contributed by atoms with Crippen LogP contribution in [0.25, 0.3) is 0 Å². The van der Waals surface area contributed by atoms with Crippen LogP contribution in [0, 0.1) is 5.92 Å². The van der Waals surface area contributed by atoms with E-state index in [-0.39, 0.29) is 5.91 Å². The third-order valence-corrected chi connectivity index (χ3v) is 4.08. The number of aliphatic hydroxyl groups excluding tert-OH is 1. The van der Waals surface area contributed by atoms with Crippen LogP contribution in [0.2, 0.25) is 0 Å². The number of hydrogen-bond donors (Lipinski definition) is 3. The molecule has 0 aliphatic heterocycles. The minimum Gasteiger partial charge on any atom is -0.387 e. The second kappa shape index (κ2) is 7.29. The Morgan fingerprint density at radius 3 is 2.80 bits per heavy atom. The first-order chi connectivity index (χ1) is 9.72. The summed E-state index contributed by atoms with van der Waals surface area (Å²) in [6.07, 6.45) is 6.35. The van der Waals surface area contributed by atoms with Gasteiger partial charge in [0.25, 0.3) is 0 Å². The number of hydrogen-bond acceptors (Lipinski definition) is 3. The zero-order valence-corrected chi connectivity index (χ0v) is 12.1. The van der Waals surface area contributed by atoms with Gasteiger partial charge < -0.3 is 15.7 Å². The van der Waals surface area contributed by atoms with Crippen molar-refractivity contribution in [2.75, 3.05) is 17.2 Å². The van der Waals surface area contributed by atoms with Crippen molar-refractivity contribution < 1.29 is 9.90 Å². The van der Waals surface area contributed by atoms with Crippen LogP contribution in [0.4, 0.5) is 11.4 Å². The molecule has 2 unspecified atom stereocenters. The molecule has 2 rings (SSSR count). The lowest BCUT2D eigenvalue weighted by atomic mass is 9.83. The molecule has 110 valence electrons. The molecule has 0 heterocycles. The van der Waals surface area contributed by atoms with E-state index in [1.807, 2.05) is 24.3 Å². The SMILES string of the molecule is CCC1CCCCC1Nc1cccc(NC(=O)CO)c1. The topological polar surface area (TPSA) is 61.4 Å². The van der Waals surface area contributed by atoms with Crippen LogP contribution in [0.5, 0.6) is 0 Å². The summed E-state index contributed by atoms with van der Waals surface area (Å²) >= 11 is 0. The lowest BCUT2D eigenvalue weighted by Crippen LogP contribution is -2.31. The Kier molecular flexibility index (Phi) is 5.41. The maximum atomic E-state index is 11.2. The number of carbonyl (C=O) groups excluding carboxylic acids is 1. The molecule has 0 spiro atoms. The molecule has 1 aliphatic rings. The lowest BCUT2D eigenvalue weighted by molar-refractivity contribution is -0.118. The van der Waals surface area contributed by atoms with Gasteiger partial charge in [-0.25, -0.2) is 0 Å². The van der Waals surface area contributed by atoms with E-state index in [1.165, 1.54) is 32.1 Å². The van der Waals surface area contributed by atoms with Gasteiger partial charge in [-0.15, -0.1) is 0 Å². The molecule has 3 N–H and O–H groups in total. The average Bonchev–Trinajstić information content (AvgIpc) is 2.48. The van der Waals surface area contributed by atoms with Gasteiger partial charge in [0.15, 0.2) is 0 Å². The zero-order chi connectivity index (χ0) is 14.4. The van der Waals surface area contributed by atoms with Gasteiger partial charge in [0.2, 0.25) is 5.91 Å². The normalized spacial score (nSPS) is 22.3. The van der Waals surface area contributed by atoms with Crippen molar-refractivity contribution in [1.82, 2.24) is 0 Å². The van der Waals surface area contributed by atoms with E-state index in [2.05, 4.69) is 17.6 Å². The first-order valence-corrected chi connectivity index (χ1v) is 7.50. The van der Waals surface area contributed by atoms with Crippen LogP contribution >= 0.6 is 0 Å². The molecule has 2 atom stereocenters. The Labute approximate surface area is 120 Å². The van der Waals surface area contributed by atoms with Crippen molar-refractivity contribution in [3.63, 3.8) is 0 Å². The van der Waals surface area contributed by atoms with Gasteiger partial charge in [0, 0.05) is 17.4 Å². The summed E-state index contributed by atoms with van der Waals surface area (Å²) in [7, 11) is 0. The first-order valence-electron chi connectivity index (χ1n) is 7.50. The average molecular weight is 276 g/mol. The summed E-state index contributed by atoms with van der Waals surface area (Å²) in [4.78, 5) is 11.2. The van der Waals surface area contributed by atoms with Crippen molar-refractivity contribution in [3.8, 4) is 0 Å². The molecule has 20 heavy (non-hydrogen) atoms. The minimum absolute atomic E-state index is 0.383. The standard InChI is InChI=1S/C16H24N2O2/c1-2-12-6-3-4-9-15(12)17-13-7-5-8-14(10-13)18-16(20)11-19/h5,7-8,10,12,15,17,19H,2-4,6,9,11H2,1H3,(H,18,20). The number of rotatable bonds is 5. The number of aliphatic hydroxyl groups is 1. The Hall–Kier alpha value is -1.55. The maximum absolute atomic E-state index is 11.2. The molecule has 0 radical (unpaired) electrons. The summed E-state index contributed by atoms with van der Waals surface area (Å²) in [6.45, 7) is 1.76. The summed E-state index contributed by atoms with van der Waals surface area (Å²) in [6, 6.07) is 8.22. The number of carbonyl (C=O) groups is 1. The zero-order valence-electron chi connectivity index (χ0n) is 12.1. The fraction of sp³-hybridized carbons (Fsp3) is 0.562. The largest absolute Gasteiger partial charge is 0.387 e. The van der Waals surface area contributed by atoms with Gasteiger partial charge in [0.05, 0.1) is 0 Å². The summed E-state index contributed by atoms with van der Waals surface area (Å²) in [5, 5.41) is 15.0. The Bertz CT molecular complexity index is 448.